The Morgan fingerprint density at radius 2 is 1.80 bits per heavy atom. The van der Waals surface area contributed by atoms with Crippen LogP contribution in [0.2, 0.25) is 0 Å². The summed E-state index contributed by atoms with van der Waals surface area (Å²) in [6.45, 7) is 3.80. The maximum Gasteiger partial charge on any atom is 0.225 e. The number of aryl methyl sites for hydroxylation is 2. The van der Waals surface area contributed by atoms with Crippen LogP contribution in [0.1, 0.15) is 24.4 Å². The van der Waals surface area contributed by atoms with Crippen molar-refractivity contribution >= 4 is 39.6 Å². The standard InChI is InChI=1S/C23H22FN9OS/c1-14-4-6-17(7-5-14)35(34)33-9-8-18-20(33)22(30-19-12-32(3)13-27-19)31-23(29-18)28-15(2)21-25-10-16(24)11-26-21/h4-13,15H,1-3H3,(H2,28,29,30,31). The third-order valence-corrected chi connectivity index (χ3v) is 6.56. The number of fused-ring (bicyclic) bond motifs is 1. The van der Waals surface area contributed by atoms with Gasteiger partial charge in [0.1, 0.15) is 17.2 Å². The molecule has 0 amide bonds. The number of nitrogens with one attached hydrogen (secondary N) is 2. The molecule has 0 aliphatic carbocycles. The summed E-state index contributed by atoms with van der Waals surface area (Å²) < 4.78 is 30.1. The maximum absolute atomic E-state index is 13.4. The third kappa shape index (κ3) is 4.73. The lowest BCUT2D eigenvalue weighted by molar-refractivity contribution is 0.604. The average Bonchev–Trinajstić information content (AvgIpc) is 3.45. The van der Waals surface area contributed by atoms with Crippen molar-refractivity contribution in [3.8, 4) is 0 Å². The molecule has 0 aliphatic heterocycles. The largest absolute Gasteiger partial charge is 0.344 e. The second kappa shape index (κ2) is 9.22. The van der Waals surface area contributed by atoms with Gasteiger partial charge in [0, 0.05) is 19.4 Å². The lowest BCUT2D eigenvalue weighted by atomic mass is 10.2. The van der Waals surface area contributed by atoms with Gasteiger partial charge >= 0.3 is 0 Å². The molecule has 0 spiro atoms. The number of aromatic nitrogens is 7. The van der Waals surface area contributed by atoms with Crippen molar-refractivity contribution in [1.29, 1.82) is 0 Å². The summed E-state index contributed by atoms with van der Waals surface area (Å²) in [5.41, 5.74) is 2.22. The Balaban J connectivity index is 1.56. The van der Waals surface area contributed by atoms with Crippen molar-refractivity contribution in [3.05, 3.63) is 78.7 Å². The normalized spacial score (nSPS) is 13.0. The SMILES string of the molecule is Cc1ccc(S(=O)n2ccc3nc(NC(C)c4ncc(F)cn4)nc(Nc4cn(C)cn4)c32)cc1. The molecule has 0 saturated heterocycles. The van der Waals surface area contributed by atoms with E-state index in [2.05, 4.69) is 35.6 Å². The van der Waals surface area contributed by atoms with Crippen molar-refractivity contribution in [3.63, 3.8) is 0 Å². The van der Waals surface area contributed by atoms with Crippen molar-refractivity contribution in [2.45, 2.75) is 24.8 Å². The predicted molar refractivity (Wildman–Crippen MR) is 131 cm³/mol. The minimum Gasteiger partial charge on any atom is -0.344 e. The summed E-state index contributed by atoms with van der Waals surface area (Å²) in [5, 5.41) is 6.37. The lowest BCUT2D eigenvalue weighted by Gasteiger charge is -2.15. The van der Waals surface area contributed by atoms with Crippen LogP contribution in [0.15, 0.2) is 66.3 Å². The third-order valence-electron chi connectivity index (χ3n) is 5.22. The average molecular weight is 492 g/mol. The fourth-order valence-electron chi connectivity index (χ4n) is 3.48. The first kappa shape index (κ1) is 22.6. The van der Waals surface area contributed by atoms with Crippen LogP contribution in [0.3, 0.4) is 0 Å². The van der Waals surface area contributed by atoms with E-state index >= 15 is 0 Å². The molecule has 178 valence electrons. The Kier molecular flexibility index (Phi) is 5.95. The molecule has 35 heavy (non-hydrogen) atoms. The zero-order chi connectivity index (χ0) is 24.5. The fourth-order valence-corrected chi connectivity index (χ4v) is 4.59. The van der Waals surface area contributed by atoms with Gasteiger partial charge in [-0.15, -0.1) is 0 Å². The molecule has 2 N–H and O–H groups in total. The highest BCUT2D eigenvalue weighted by molar-refractivity contribution is 7.83. The zero-order valence-electron chi connectivity index (χ0n) is 19.2. The van der Waals surface area contributed by atoms with E-state index in [-0.39, 0.29) is 6.04 Å². The second-order valence-corrected chi connectivity index (χ2v) is 9.37. The van der Waals surface area contributed by atoms with E-state index < -0.39 is 16.8 Å². The number of nitrogens with zero attached hydrogens (tertiary/aromatic N) is 7. The van der Waals surface area contributed by atoms with Crippen molar-refractivity contribution in [2.24, 2.45) is 7.05 Å². The molecule has 10 nitrogen and oxygen atoms in total. The first-order valence-corrected chi connectivity index (χ1v) is 11.8. The van der Waals surface area contributed by atoms with Gasteiger partial charge in [0.15, 0.2) is 22.6 Å². The van der Waals surface area contributed by atoms with Gasteiger partial charge in [0.2, 0.25) is 5.95 Å². The molecule has 0 fully saturated rings. The van der Waals surface area contributed by atoms with Crippen LogP contribution < -0.4 is 10.6 Å². The smallest absolute Gasteiger partial charge is 0.225 e. The van der Waals surface area contributed by atoms with Crippen molar-refractivity contribution in [2.75, 3.05) is 10.6 Å². The van der Waals surface area contributed by atoms with Crippen LogP contribution in [-0.4, -0.2) is 37.7 Å². The minimum absolute atomic E-state index is 0.301. The molecule has 0 radical (unpaired) electrons. The Bertz CT molecular complexity index is 1510. The first-order valence-electron chi connectivity index (χ1n) is 10.7. The lowest BCUT2D eigenvalue weighted by Crippen LogP contribution is -2.14. The summed E-state index contributed by atoms with van der Waals surface area (Å²) in [4.78, 5) is 22.3. The first-order chi connectivity index (χ1) is 16.9. The number of hydrogen-bond acceptors (Lipinski definition) is 8. The molecule has 1 aromatic carbocycles. The molecule has 12 heteroatoms. The van der Waals surface area contributed by atoms with Gasteiger partial charge in [-0.2, -0.15) is 4.98 Å². The molecule has 0 saturated carbocycles. The molecule has 2 atom stereocenters. The number of halogens is 1. The Morgan fingerprint density at radius 3 is 2.49 bits per heavy atom. The number of hydrogen-bond donors (Lipinski definition) is 2. The summed E-state index contributed by atoms with van der Waals surface area (Å²) in [7, 11) is 0.346. The van der Waals surface area contributed by atoms with E-state index in [0.717, 1.165) is 18.0 Å². The zero-order valence-corrected chi connectivity index (χ0v) is 20.0. The molecular weight excluding hydrogens is 469 g/mol. The van der Waals surface area contributed by atoms with Gasteiger partial charge in [-0.25, -0.2) is 28.5 Å². The highest BCUT2D eigenvalue weighted by Crippen LogP contribution is 2.29. The molecule has 5 rings (SSSR count). The van der Waals surface area contributed by atoms with Gasteiger partial charge in [-0.05, 0) is 32.0 Å². The summed E-state index contributed by atoms with van der Waals surface area (Å²) in [6, 6.07) is 8.90. The Morgan fingerprint density at radius 1 is 1.06 bits per heavy atom. The van der Waals surface area contributed by atoms with Crippen LogP contribution in [0.25, 0.3) is 11.0 Å². The van der Waals surface area contributed by atoms with Gasteiger partial charge in [0.25, 0.3) is 0 Å². The number of anilines is 3. The minimum atomic E-state index is -1.52. The number of imidazole rings is 1. The van der Waals surface area contributed by atoms with E-state index in [1.165, 1.54) is 0 Å². The van der Waals surface area contributed by atoms with Gasteiger partial charge in [0.05, 0.1) is 35.2 Å². The number of benzene rings is 1. The van der Waals surface area contributed by atoms with E-state index in [4.69, 9.17) is 0 Å². The quantitative estimate of drug-likeness (QED) is 0.352. The molecule has 0 aliphatic rings. The van der Waals surface area contributed by atoms with Crippen LogP contribution in [0.4, 0.5) is 22.0 Å². The van der Waals surface area contributed by atoms with E-state index in [1.54, 1.807) is 33.3 Å². The maximum atomic E-state index is 13.4. The Hall–Kier alpha value is -4.19. The van der Waals surface area contributed by atoms with Crippen LogP contribution in [0.5, 0.6) is 0 Å². The molecule has 4 aromatic heterocycles. The Labute approximate surface area is 202 Å². The van der Waals surface area contributed by atoms with E-state index in [9.17, 15) is 8.60 Å². The summed E-state index contributed by atoms with van der Waals surface area (Å²) in [5.74, 6) is 1.18. The van der Waals surface area contributed by atoms with Gasteiger partial charge in [-0.3, -0.25) is 3.97 Å². The number of rotatable bonds is 7. The van der Waals surface area contributed by atoms with Crippen LogP contribution in [0, 0.1) is 12.7 Å². The fraction of sp³-hybridized carbons (Fsp3) is 0.174. The molecule has 5 aromatic rings. The second-order valence-electron chi connectivity index (χ2n) is 8.01. The molecule has 4 heterocycles. The van der Waals surface area contributed by atoms with Crippen LogP contribution in [-0.2, 0) is 18.0 Å². The van der Waals surface area contributed by atoms with Gasteiger partial charge < -0.3 is 15.2 Å². The molecule has 2 unspecified atom stereocenters. The van der Waals surface area contributed by atoms with Crippen molar-refractivity contribution in [1.82, 2.24) is 33.5 Å². The van der Waals surface area contributed by atoms with Gasteiger partial charge in [-0.1, -0.05) is 17.7 Å². The van der Waals surface area contributed by atoms with Crippen LogP contribution >= 0.6 is 0 Å². The highest BCUT2D eigenvalue weighted by Gasteiger charge is 2.19. The van der Waals surface area contributed by atoms with Crippen molar-refractivity contribution < 1.29 is 8.60 Å². The van der Waals surface area contributed by atoms with E-state index in [0.29, 0.717) is 39.3 Å². The molecular formula is C23H22FN9OS. The predicted octanol–water partition coefficient (Wildman–Crippen LogP) is 3.89. The topological polar surface area (TPSA) is 115 Å². The van der Waals surface area contributed by atoms with E-state index in [1.807, 2.05) is 45.2 Å². The highest BCUT2D eigenvalue weighted by atomic mass is 32.2. The monoisotopic (exact) mass is 491 g/mol. The summed E-state index contributed by atoms with van der Waals surface area (Å²) >= 11 is 0. The molecule has 0 bridgehead atoms. The summed E-state index contributed by atoms with van der Waals surface area (Å²) in [6.07, 6.45) is 7.41.